The molecule has 0 bridgehead atoms. The minimum absolute atomic E-state index is 0.0270. The molecule has 1 saturated heterocycles. The number of thiazole rings is 1. The predicted molar refractivity (Wildman–Crippen MR) is 118 cm³/mol. The second-order valence-electron chi connectivity index (χ2n) is 7.52. The Morgan fingerprint density at radius 3 is 2.83 bits per heavy atom. The van der Waals surface area contributed by atoms with Gasteiger partial charge in [0.25, 0.3) is 5.91 Å². The molecule has 156 valence electrons. The molecule has 1 fully saturated rings. The highest BCUT2D eigenvalue weighted by Gasteiger charge is 2.35. The lowest BCUT2D eigenvalue weighted by Gasteiger charge is -2.26. The Labute approximate surface area is 180 Å². The molecule has 30 heavy (non-hydrogen) atoms. The summed E-state index contributed by atoms with van der Waals surface area (Å²) in [6.45, 7) is 2.59. The Bertz CT molecular complexity index is 1070. The Morgan fingerprint density at radius 1 is 1.30 bits per heavy atom. The van der Waals surface area contributed by atoms with E-state index in [4.69, 9.17) is 9.72 Å². The minimum atomic E-state index is -0.109. The zero-order valence-corrected chi connectivity index (χ0v) is 18.4. The number of ether oxygens (including phenoxy) is 1. The van der Waals surface area contributed by atoms with E-state index in [1.807, 2.05) is 61.3 Å². The lowest BCUT2D eigenvalue weighted by atomic mass is 9.99. The van der Waals surface area contributed by atoms with Crippen LogP contribution in [0, 0.1) is 6.92 Å². The molecular formula is C22H25N5O2S. The van der Waals surface area contributed by atoms with E-state index in [0.29, 0.717) is 17.4 Å². The van der Waals surface area contributed by atoms with Gasteiger partial charge in [-0.3, -0.25) is 4.79 Å². The number of rotatable bonds is 5. The highest BCUT2D eigenvalue weighted by atomic mass is 32.1. The second-order valence-corrected chi connectivity index (χ2v) is 8.37. The first-order chi connectivity index (χ1) is 14.5. The first-order valence-electron chi connectivity index (χ1n) is 9.89. The predicted octanol–water partition coefficient (Wildman–Crippen LogP) is 3.96. The average molecular weight is 424 g/mol. The second kappa shape index (κ2) is 8.39. The van der Waals surface area contributed by atoms with Crippen molar-refractivity contribution in [1.29, 1.82) is 0 Å². The number of hydrogen-bond acceptors (Lipinski definition) is 7. The van der Waals surface area contributed by atoms with E-state index < -0.39 is 0 Å². The van der Waals surface area contributed by atoms with Crippen LogP contribution < -0.4 is 9.64 Å². The van der Waals surface area contributed by atoms with E-state index in [1.54, 1.807) is 12.6 Å². The maximum atomic E-state index is 13.3. The molecule has 7 nitrogen and oxygen atoms in total. The van der Waals surface area contributed by atoms with Gasteiger partial charge >= 0.3 is 0 Å². The van der Waals surface area contributed by atoms with E-state index in [1.165, 1.54) is 11.3 Å². The van der Waals surface area contributed by atoms with E-state index >= 15 is 0 Å². The average Bonchev–Trinajstić information content (AvgIpc) is 3.42. The molecule has 1 aliphatic heterocycles. The monoisotopic (exact) mass is 423 g/mol. The molecule has 1 amide bonds. The van der Waals surface area contributed by atoms with Gasteiger partial charge in [-0.1, -0.05) is 12.1 Å². The summed E-state index contributed by atoms with van der Waals surface area (Å²) in [5.74, 6) is 1.43. The number of anilines is 1. The number of amides is 1. The van der Waals surface area contributed by atoms with Crippen LogP contribution >= 0.6 is 11.3 Å². The van der Waals surface area contributed by atoms with E-state index in [-0.39, 0.29) is 11.9 Å². The summed E-state index contributed by atoms with van der Waals surface area (Å²) in [6.07, 6.45) is 3.66. The molecule has 0 aliphatic carbocycles. The van der Waals surface area contributed by atoms with E-state index in [2.05, 4.69) is 9.97 Å². The van der Waals surface area contributed by atoms with Crippen molar-refractivity contribution < 1.29 is 9.53 Å². The van der Waals surface area contributed by atoms with Crippen LogP contribution in [0.3, 0.4) is 0 Å². The normalized spacial score (nSPS) is 16.0. The molecule has 0 unspecified atom stereocenters. The van der Waals surface area contributed by atoms with Crippen LogP contribution in [0.4, 0.5) is 5.95 Å². The molecule has 1 atom stereocenters. The molecule has 0 radical (unpaired) electrons. The summed E-state index contributed by atoms with van der Waals surface area (Å²) >= 11 is 1.40. The van der Waals surface area contributed by atoms with Crippen molar-refractivity contribution in [3.63, 3.8) is 0 Å². The van der Waals surface area contributed by atoms with Crippen LogP contribution in [-0.4, -0.2) is 53.5 Å². The molecule has 0 spiro atoms. The molecular weight excluding hydrogens is 398 g/mol. The Kier molecular flexibility index (Phi) is 5.67. The van der Waals surface area contributed by atoms with Gasteiger partial charge in [-0.15, -0.1) is 11.3 Å². The van der Waals surface area contributed by atoms with Crippen LogP contribution in [0.1, 0.15) is 39.9 Å². The molecule has 1 aromatic carbocycles. The summed E-state index contributed by atoms with van der Waals surface area (Å²) in [5.41, 5.74) is 5.27. The number of aromatic nitrogens is 3. The van der Waals surface area contributed by atoms with Crippen LogP contribution in [0.5, 0.6) is 5.75 Å². The van der Waals surface area contributed by atoms with Crippen LogP contribution in [-0.2, 0) is 0 Å². The Morgan fingerprint density at radius 2 is 2.13 bits per heavy atom. The van der Waals surface area contributed by atoms with E-state index in [9.17, 15) is 4.79 Å². The first-order valence-corrected chi connectivity index (χ1v) is 10.8. The van der Waals surface area contributed by atoms with Crippen molar-refractivity contribution in [1.82, 2.24) is 19.9 Å². The van der Waals surface area contributed by atoms with Crippen LogP contribution in [0.2, 0.25) is 0 Å². The summed E-state index contributed by atoms with van der Waals surface area (Å²) in [4.78, 5) is 31.5. The highest BCUT2D eigenvalue weighted by Crippen LogP contribution is 2.39. The molecule has 8 heteroatoms. The molecule has 4 rings (SSSR count). The molecule has 0 N–H and O–H groups in total. The van der Waals surface area contributed by atoms with Gasteiger partial charge in [-0.05, 0) is 37.5 Å². The van der Waals surface area contributed by atoms with Gasteiger partial charge in [0.15, 0.2) is 0 Å². The first kappa shape index (κ1) is 20.3. The van der Waals surface area contributed by atoms with Gasteiger partial charge < -0.3 is 14.5 Å². The van der Waals surface area contributed by atoms with Crippen molar-refractivity contribution in [2.75, 3.05) is 32.6 Å². The topological polar surface area (TPSA) is 71.5 Å². The van der Waals surface area contributed by atoms with Crippen molar-refractivity contribution in [2.45, 2.75) is 25.8 Å². The third-order valence-corrected chi connectivity index (χ3v) is 6.27. The summed E-state index contributed by atoms with van der Waals surface area (Å²) in [6, 6.07) is 7.76. The maximum absolute atomic E-state index is 13.3. The third kappa shape index (κ3) is 3.75. The van der Waals surface area contributed by atoms with Crippen molar-refractivity contribution in [3.8, 4) is 16.9 Å². The summed E-state index contributed by atoms with van der Waals surface area (Å²) in [7, 11) is 5.49. The molecule has 2 aromatic heterocycles. The number of benzene rings is 1. The molecule has 3 aromatic rings. The highest BCUT2D eigenvalue weighted by molar-refractivity contribution is 7.11. The largest absolute Gasteiger partial charge is 0.497 e. The van der Waals surface area contributed by atoms with Crippen LogP contribution in [0.15, 0.2) is 36.0 Å². The fraction of sp³-hybridized carbons (Fsp3) is 0.364. The van der Waals surface area contributed by atoms with Gasteiger partial charge in [-0.25, -0.2) is 15.0 Å². The summed E-state index contributed by atoms with van der Waals surface area (Å²) in [5, 5.41) is 0. The number of nitrogens with zero attached hydrogens (tertiary/aromatic N) is 5. The summed E-state index contributed by atoms with van der Waals surface area (Å²) < 4.78 is 5.41. The number of methoxy groups -OCH3 is 1. The number of aryl methyl sites for hydroxylation is 1. The van der Waals surface area contributed by atoms with Crippen molar-refractivity contribution in [3.05, 3.63) is 52.2 Å². The SMILES string of the molecule is COc1cccc(-c2cnc(N(C)C)nc2[C@@H]2CCCN2C(=O)c2scnc2C)c1. The number of hydrogen-bond donors (Lipinski definition) is 0. The van der Waals surface area contributed by atoms with Crippen molar-refractivity contribution >= 4 is 23.2 Å². The number of carbonyl (C=O) groups is 1. The zero-order valence-electron chi connectivity index (χ0n) is 17.6. The number of carbonyl (C=O) groups excluding carboxylic acids is 1. The standard InChI is InChI=1S/C22H25N5O2S/c1-14-20(30-13-24-14)21(28)27-10-6-9-18(27)19-17(12-23-22(25-19)26(2)3)15-7-5-8-16(11-15)29-4/h5,7-8,11-13,18H,6,9-10H2,1-4H3/t18-/m0/s1. The van der Waals surface area contributed by atoms with Gasteiger partial charge in [-0.2, -0.15) is 0 Å². The van der Waals surface area contributed by atoms with Gasteiger partial charge in [0.2, 0.25) is 5.95 Å². The lowest BCUT2D eigenvalue weighted by Crippen LogP contribution is -2.31. The smallest absolute Gasteiger partial charge is 0.266 e. The quantitative estimate of drug-likeness (QED) is 0.619. The van der Waals surface area contributed by atoms with Gasteiger partial charge in [0, 0.05) is 32.4 Å². The molecule has 1 aliphatic rings. The maximum Gasteiger partial charge on any atom is 0.266 e. The van der Waals surface area contributed by atoms with Gasteiger partial charge in [0.1, 0.15) is 10.6 Å². The third-order valence-electron chi connectivity index (χ3n) is 5.36. The van der Waals surface area contributed by atoms with Gasteiger partial charge in [0.05, 0.1) is 30.1 Å². The number of likely N-dealkylation sites (tertiary alicyclic amines) is 1. The fourth-order valence-electron chi connectivity index (χ4n) is 3.80. The molecule has 0 saturated carbocycles. The minimum Gasteiger partial charge on any atom is -0.497 e. The Hall–Kier alpha value is -3.00. The van der Waals surface area contributed by atoms with Crippen LogP contribution in [0.25, 0.3) is 11.1 Å². The van der Waals surface area contributed by atoms with E-state index in [0.717, 1.165) is 41.1 Å². The van der Waals surface area contributed by atoms with Crippen molar-refractivity contribution in [2.24, 2.45) is 0 Å². The lowest BCUT2D eigenvalue weighted by molar-refractivity contribution is 0.0737. The Balaban J connectivity index is 1.80. The molecule has 3 heterocycles. The zero-order chi connectivity index (χ0) is 21.3. The fourth-order valence-corrected chi connectivity index (χ4v) is 4.56.